The van der Waals surface area contributed by atoms with E-state index in [1.54, 1.807) is 36.1 Å². The number of anilines is 2. The zero-order chi connectivity index (χ0) is 28.8. The molecule has 40 heavy (non-hydrogen) atoms. The fraction of sp³-hybridized carbons (Fsp3) is 0.440. The highest BCUT2D eigenvalue weighted by atomic mass is 19.4. The molecule has 0 aliphatic carbocycles. The van der Waals surface area contributed by atoms with Gasteiger partial charge in [0.1, 0.15) is 5.82 Å². The largest absolute Gasteiger partial charge is 0.493 e. The van der Waals surface area contributed by atoms with Crippen LogP contribution in [0.15, 0.2) is 33.9 Å². The summed E-state index contributed by atoms with van der Waals surface area (Å²) in [6, 6.07) is 6.86. The summed E-state index contributed by atoms with van der Waals surface area (Å²) >= 11 is 0. The van der Waals surface area contributed by atoms with Crippen molar-refractivity contribution in [1.29, 1.82) is 0 Å². The molecule has 0 radical (unpaired) electrons. The predicted molar refractivity (Wildman–Crippen MR) is 139 cm³/mol. The average molecular weight is 561 g/mol. The van der Waals surface area contributed by atoms with E-state index in [1.165, 1.54) is 11.9 Å². The van der Waals surface area contributed by atoms with Crippen molar-refractivity contribution in [3.05, 3.63) is 50.9 Å². The third-order valence-corrected chi connectivity index (χ3v) is 6.88. The number of hydroxylamine groups is 1. The molecule has 0 saturated carbocycles. The van der Waals surface area contributed by atoms with Crippen LogP contribution in [0.3, 0.4) is 0 Å². The van der Waals surface area contributed by atoms with Crippen LogP contribution in [0.25, 0.3) is 11.0 Å². The first kappa shape index (κ1) is 27.3. The first-order chi connectivity index (χ1) is 19.0. The number of halogens is 3. The number of rotatable bonds is 5. The van der Waals surface area contributed by atoms with E-state index in [2.05, 4.69) is 21.8 Å². The van der Waals surface area contributed by atoms with Crippen LogP contribution in [0.2, 0.25) is 0 Å². The van der Waals surface area contributed by atoms with Crippen molar-refractivity contribution < 1.29 is 22.8 Å². The third-order valence-electron chi connectivity index (χ3n) is 6.88. The lowest BCUT2D eigenvalue weighted by Gasteiger charge is -2.41. The minimum atomic E-state index is -5.32. The molecule has 1 aromatic carbocycles. The Kier molecular flexibility index (Phi) is 7.06. The summed E-state index contributed by atoms with van der Waals surface area (Å²) in [6.07, 6.45) is -5.21. The van der Waals surface area contributed by atoms with Gasteiger partial charge >= 0.3 is 17.8 Å². The number of likely N-dealkylation sites (tertiary alicyclic amines) is 1. The van der Waals surface area contributed by atoms with Crippen molar-refractivity contribution in [2.75, 3.05) is 29.6 Å². The van der Waals surface area contributed by atoms with Gasteiger partial charge in [-0.1, -0.05) is 18.1 Å². The molecule has 2 aliphatic heterocycles. The maximum atomic E-state index is 13.9. The van der Waals surface area contributed by atoms with Gasteiger partial charge in [0.15, 0.2) is 17.8 Å². The molecule has 0 bridgehead atoms. The number of para-hydroxylation sites is 2. The summed E-state index contributed by atoms with van der Waals surface area (Å²) in [4.78, 5) is 55.0. The number of carbonyl (C=O) groups excluding carboxylic acids is 1. The van der Waals surface area contributed by atoms with E-state index in [1.807, 2.05) is 0 Å². The Labute approximate surface area is 225 Å². The third kappa shape index (κ3) is 4.80. The van der Waals surface area contributed by atoms with Gasteiger partial charge in [0.2, 0.25) is 0 Å². The van der Waals surface area contributed by atoms with Crippen molar-refractivity contribution in [3.8, 4) is 11.8 Å². The van der Waals surface area contributed by atoms with Crippen molar-refractivity contribution in [2.45, 2.75) is 44.8 Å². The van der Waals surface area contributed by atoms with E-state index in [9.17, 15) is 27.6 Å². The molecule has 3 N–H and O–H groups in total. The second-order valence-electron chi connectivity index (χ2n) is 9.61. The van der Waals surface area contributed by atoms with Crippen molar-refractivity contribution in [2.24, 2.45) is 12.8 Å². The van der Waals surface area contributed by atoms with Gasteiger partial charge in [0, 0.05) is 26.2 Å². The Morgan fingerprint density at radius 3 is 2.70 bits per heavy atom. The summed E-state index contributed by atoms with van der Waals surface area (Å²) < 4.78 is 42.0. The van der Waals surface area contributed by atoms with E-state index >= 15 is 0 Å². The van der Waals surface area contributed by atoms with Crippen LogP contribution in [-0.2, 0) is 23.2 Å². The second kappa shape index (κ2) is 10.4. The fourth-order valence-electron chi connectivity index (χ4n) is 5.12. The van der Waals surface area contributed by atoms with Gasteiger partial charge < -0.3 is 20.5 Å². The number of fused-ring (bicyclic) bond motifs is 2. The van der Waals surface area contributed by atoms with Gasteiger partial charge in [-0.3, -0.25) is 18.8 Å². The zero-order valence-corrected chi connectivity index (χ0v) is 21.7. The number of piperidine rings is 1. The zero-order valence-electron chi connectivity index (χ0n) is 21.7. The normalized spacial score (nSPS) is 19.4. The highest BCUT2D eigenvalue weighted by molar-refractivity contribution is 5.80. The molecule has 1 fully saturated rings. The maximum absolute atomic E-state index is 13.9. The highest BCUT2D eigenvalue weighted by Gasteiger charge is 2.51. The number of nitrogens with zero attached hydrogens (tertiary/aromatic N) is 6. The van der Waals surface area contributed by atoms with E-state index in [0.717, 1.165) is 9.13 Å². The lowest BCUT2D eigenvalue weighted by molar-refractivity contribution is -0.203. The number of H-pyrrole nitrogens is 1. The number of imidazole rings is 1. The maximum Gasteiger partial charge on any atom is 0.493 e. The van der Waals surface area contributed by atoms with Crippen LogP contribution in [-0.4, -0.2) is 68.1 Å². The quantitative estimate of drug-likeness (QED) is 0.436. The van der Waals surface area contributed by atoms with E-state index in [0.29, 0.717) is 41.3 Å². The first-order valence-electron chi connectivity index (χ1n) is 12.5. The number of nitrogens with one attached hydrogen (secondary N) is 1. The number of hydrogen-bond acceptors (Lipinski definition) is 9. The Balaban J connectivity index is 1.68. The number of hydrogen-bond donors (Lipinski definition) is 2. The molecule has 2 unspecified atom stereocenters. The van der Waals surface area contributed by atoms with Gasteiger partial charge in [0.05, 0.1) is 24.1 Å². The number of nitrogens with two attached hydrogens (primary N) is 1. The van der Waals surface area contributed by atoms with Gasteiger partial charge in [-0.2, -0.15) is 13.2 Å². The number of aromatic nitrogens is 4. The van der Waals surface area contributed by atoms with Gasteiger partial charge in [-0.05, 0) is 31.9 Å². The molecule has 2 aromatic heterocycles. The van der Waals surface area contributed by atoms with Gasteiger partial charge in [-0.25, -0.2) is 14.6 Å². The first-order valence-corrected chi connectivity index (χ1v) is 12.5. The second-order valence-corrected chi connectivity index (χ2v) is 9.61. The highest BCUT2D eigenvalue weighted by Crippen LogP contribution is 2.39. The van der Waals surface area contributed by atoms with Crippen LogP contribution in [0, 0.1) is 11.8 Å². The number of alkyl halides is 3. The van der Waals surface area contributed by atoms with Crippen LogP contribution in [0.4, 0.5) is 24.7 Å². The van der Waals surface area contributed by atoms with E-state index in [-0.39, 0.29) is 37.2 Å². The molecule has 3 aromatic rings. The smallest absolute Gasteiger partial charge is 0.340 e. The average Bonchev–Trinajstić information content (AvgIpc) is 3.46. The molecular weight excluding hydrogens is 533 g/mol. The van der Waals surface area contributed by atoms with Crippen molar-refractivity contribution >= 4 is 28.5 Å². The van der Waals surface area contributed by atoms with Crippen LogP contribution < -0.4 is 26.9 Å². The molecule has 4 heterocycles. The van der Waals surface area contributed by atoms with Crippen LogP contribution in [0.1, 0.15) is 25.6 Å². The number of carbonyl (C=O) groups is 1. The van der Waals surface area contributed by atoms with Crippen LogP contribution >= 0.6 is 0 Å². The topological polar surface area (TPSA) is 135 Å². The molecular formula is C25H27F3N8O4. The molecule has 2 atom stereocenters. The fourth-order valence-corrected chi connectivity index (χ4v) is 5.12. The lowest BCUT2D eigenvalue weighted by Crippen LogP contribution is -2.60. The summed E-state index contributed by atoms with van der Waals surface area (Å²) in [5.41, 5.74) is 5.72. The molecule has 212 valence electrons. The number of aromatic amines is 1. The molecule has 0 amide bonds. The summed E-state index contributed by atoms with van der Waals surface area (Å²) in [6.45, 7) is 1.88. The monoisotopic (exact) mass is 560 g/mol. The Morgan fingerprint density at radius 1 is 1.27 bits per heavy atom. The molecule has 12 nitrogen and oxygen atoms in total. The van der Waals surface area contributed by atoms with Crippen molar-refractivity contribution in [1.82, 2.24) is 24.0 Å². The summed E-state index contributed by atoms with van der Waals surface area (Å²) in [5, 5.41) is 0.675. The van der Waals surface area contributed by atoms with Crippen LogP contribution in [0.5, 0.6) is 0 Å². The summed E-state index contributed by atoms with van der Waals surface area (Å²) in [7, 11) is 1.29. The Hall–Kier alpha value is -4.29. The SMILES string of the molecule is CC#CCN1c2c(n(C)c(=O)n(Cc3nc4ccccc4[nH]3)c2=O)N(OC(=O)C(F)(F)F)C1N1CCCC(N)C1. The molecule has 0 spiro atoms. The Bertz CT molecular complexity index is 1600. The summed E-state index contributed by atoms with van der Waals surface area (Å²) in [5.74, 6) is 3.10. The molecule has 15 heteroatoms. The minimum Gasteiger partial charge on any atom is -0.340 e. The van der Waals surface area contributed by atoms with Gasteiger partial charge in [0.25, 0.3) is 5.56 Å². The minimum absolute atomic E-state index is 0.0992. The van der Waals surface area contributed by atoms with E-state index < -0.39 is 29.7 Å². The molecule has 5 rings (SSSR count). The molecule has 2 aliphatic rings. The lowest BCUT2D eigenvalue weighted by atomic mass is 10.1. The Morgan fingerprint density at radius 2 is 2.02 bits per heavy atom. The standard InChI is InChI=1S/C25H27F3N8O4/c1-3-4-12-34-19-20(36(40-22(38)25(26,27)28)23(34)33-11-7-8-15(29)13-33)32(2)24(39)35(21(19)37)14-18-30-16-9-5-6-10-17(16)31-18/h5-6,9-10,15,23H,7-8,11-14,29H2,1-2H3,(H,30,31). The van der Waals surface area contributed by atoms with Crippen molar-refractivity contribution in [3.63, 3.8) is 0 Å². The predicted octanol–water partition coefficient (Wildman–Crippen LogP) is 0.849. The molecule has 1 saturated heterocycles. The number of benzene rings is 1. The van der Waals surface area contributed by atoms with E-state index in [4.69, 9.17) is 10.6 Å². The van der Waals surface area contributed by atoms with Gasteiger partial charge in [-0.15, -0.1) is 11.0 Å².